The van der Waals surface area contributed by atoms with Crippen LogP contribution in [0.25, 0.3) is 11.0 Å². The molecule has 1 aromatic heterocycles. The summed E-state index contributed by atoms with van der Waals surface area (Å²) in [5.74, 6) is 0.0121. The number of anilines is 1. The molecule has 0 radical (unpaired) electrons. The average molecular weight is 279 g/mol. The SMILES string of the molecule is CCC(=O)Nc1ccc2c(c1)ncn2Cc1ccccc1. The van der Waals surface area contributed by atoms with Crippen LogP contribution in [0.2, 0.25) is 0 Å². The number of carbonyl (C=O) groups is 1. The van der Waals surface area contributed by atoms with E-state index in [1.807, 2.05) is 49.6 Å². The van der Waals surface area contributed by atoms with E-state index in [0.717, 1.165) is 23.3 Å². The van der Waals surface area contributed by atoms with Gasteiger partial charge in [0.1, 0.15) is 0 Å². The first-order chi connectivity index (χ1) is 10.3. The van der Waals surface area contributed by atoms with E-state index in [9.17, 15) is 4.79 Å². The minimum atomic E-state index is 0.0121. The van der Waals surface area contributed by atoms with Crippen LogP contribution in [0.4, 0.5) is 5.69 Å². The third-order valence-electron chi connectivity index (χ3n) is 3.42. The smallest absolute Gasteiger partial charge is 0.224 e. The Morgan fingerprint density at radius 1 is 1.19 bits per heavy atom. The Bertz CT molecular complexity index is 762. The van der Waals surface area contributed by atoms with Crippen LogP contribution >= 0.6 is 0 Å². The molecule has 4 heteroatoms. The largest absolute Gasteiger partial charge is 0.326 e. The Hall–Kier alpha value is -2.62. The molecule has 1 N–H and O–H groups in total. The number of imidazole rings is 1. The van der Waals surface area contributed by atoms with E-state index in [-0.39, 0.29) is 5.91 Å². The third kappa shape index (κ3) is 2.94. The van der Waals surface area contributed by atoms with Crippen molar-refractivity contribution in [3.05, 3.63) is 60.4 Å². The van der Waals surface area contributed by atoms with Crippen LogP contribution < -0.4 is 5.32 Å². The van der Waals surface area contributed by atoms with Gasteiger partial charge in [-0.15, -0.1) is 0 Å². The summed E-state index contributed by atoms with van der Waals surface area (Å²) in [7, 11) is 0. The van der Waals surface area contributed by atoms with Gasteiger partial charge in [0.2, 0.25) is 5.91 Å². The molecular formula is C17H17N3O. The lowest BCUT2D eigenvalue weighted by atomic mass is 10.2. The van der Waals surface area contributed by atoms with Crippen LogP contribution in [-0.2, 0) is 11.3 Å². The predicted octanol–water partition coefficient (Wildman–Crippen LogP) is 3.43. The van der Waals surface area contributed by atoms with Crippen LogP contribution in [0, 0.1) is 0 Å². The highest BCUT2D eigenvalue weighted by Crippen LogP contribution is 2.19. The zero-order valence-electron chi connectivity index (χ0n) is 11.9. The van der Waals surface area contributed by atoms with Crippen LogP contribution in [0.15, 0.2) is 54.9 Å². The Morgan fingerprint density at radius 2 is 2.00 bits per heavy atom. The second kappa shape index (κ2) is 5.79. The number of nitrogens with one attached hydrogen (secondary N) is 1. The van der Waals surface area contributed by atoms with Crippen molar-refractivity contribution in [2.45, 2.75) is 19.9 Å². The van der Waals surface area contributed by atoms with Crippen molar-refractivity contribution in [2.24, 2.45) is 0 Å². The summed E-state index contributed by atoms with van der Waals surface area (Å²) >= 11 is 0. The van der Waals surface area contributed by atoms with E-state index in [4.69, 9.17) is 0 Å². The number of nitrogens with zero attached hydrogens (tertiary/aromatic N) is 2. The number of fused-ring (bicyclic) bond motifs is 1. The molecule has 0 saturated carbocycles. The molecule has 0 bridgehead atoms. The van der Waals surface area contributed by atoms with Gasteiger partial charge < -0.3 is 9.88 Å². The molecule has 0 spiro atoms. The molecule has 0 saturated heterocycles. The molecule has 0 atom stereocenters. The molecule has 0 aliphatic carbocycles. The maximum atomic E-state index is 11.4. The zero-order valence-corrected chi connectivity index (χ0v) is 11.9. The van der Waals surface area contributed by atoms with E-state index < -0.39 is 0 Å². The number of hydrogen-bond acceptors (Lipinski definition) is 2. The molecule has 3 rings (SSSR count). The van der Waals surface area contributed by atoms with Gasteiger partial charge >= 0.3 is 0 Å². The molecule has 0 unspecified atom stereocenters. The minimum Gasteiger partial charge on any atom is -0.326 e. The van der Waals surface area contributed by atoms with Crippen molar-refractivity contribution >= 4 is 22.6 Å². The van der Waals surface area contributed by atoms with Gasteiger partial charge in [0.25, 0.3) is 0 Å². The lowest BCUT2D eigenvalue weighted by Gasteiger charge is -2.06. The lowest BCUT2D eigenvalue weighted by molar-refractivity contribution is -0.115. The first kappa shape index (κ1) is 13.4. The molecule has 106 valence electrons. The quantitative estimate of drug-likeness (QED) is 0.795. The maximum Gasteiger partial charge on any atom is 0.224 e. The van der Waals surface area contributed by atoms with Crippen molar-refractivity contribution in [1.82, 2.24) is 9.55 Å². The van der Waals surface area contributed by atoms with Gasteiger partial charge in [-0.3, -0.25) is 4.79 Å². The number of benzene rings is 2. The summed E-state index contributed by atoms with van der Waals surface area (Å²) < 4.78 is 2.11. The molecule has 1 amide bonds. The van der Waals surface area contributed by atoms with Gasteiger partial charge in [-0.05, 0) is 23.8 Å². The van der Waals surface area contributed by atoms with Crippen LogP contribution in [0.5, 0.6) is 0 Å². The average Bonchev–Trinajstić information content (AvgIpc) is 2.90. The standard InChI is InChI=1S/C17H17N3O/c1-2-17(21)19-14-8-9-16-15(10-14)18-12-20(16)11-13-6-4-3-5-7-13/h3-10,12H,2,11H2,1H3,(H,19,21). The van der Waals surface area contributed by atoms with E-state index >= 15 is 0 Å². The maximum absolute atomic E-state index is 11.4. The molecular weight excluding hydrogens is 262 g/mol. The summed E-state index contributed by atoms with van der Waals surface area (Å²) in [5.41, 5.74) is 3.98. The number of amides is 1. The summed E-state index contributed by atoms with van der Waals surface area (Å²) in [5, 5.41) is 2.85. The third-order valence-corrected chi connectivity index (χ3v) is 3.42. The first-order valence-electron chi connectivity index (χ1n) is 7.05. The van der Waals surface area contributed by atoms with Crippen LogP contribution in [-0.4, -0.2) is 15.5 Å². The minimum absolute atomic E-state index is 0.0121. The molecule has 21 heavy (non-hydrogen) atoms. The van der Waals surface area contributed by atoms with Crippen LogP contribution in [0.1, 0.15) is 18.9 Å². The fraction of sp³-hybridized carbons (Fsp3) is 0.176. The summed E-state index contributed by atoms with van der Waals surface area (Å²) in [4.78, 5) is 15.8. The van der Waals surface area contributed by atoms with Crippen molar-refractivity contribution in [3.63, 3.8) is 0 Å². The van der Waals surface area contributed by atoms with E-state index in [0.29, 0.717) is 6.42 Å². The van der Waals surface area contributed by atoms with Gasteiger partial charge in [0, 0.05) is 18.7 Å². The Balaban J connectivity index is 1.87. The molecule has 1 heterocycles. The summed E-state index contributed by atoms with van der Waals surface area (Å²) in [6, 6.07) is 16.1. The van der Waals surface area contributed by atoms with E-state index in [2.05, 4.69) is 27.0 Å². The fourth-order valence-corrected chi connectivity index (χ4v) is 2.30. The van der Waals surface area contributed by atoms with Crippen molar-refractivity contribution in [3.8, 4) is 0 Å². The first-order valence-corrected chi connectivity index (χ1v) is 7.05. The van der Waals surface area contributed by atoms with Gasteiger partial charge in [0.15, 0.2) is 0 Å². The molecule has 2 aromatic carbocycles. The predicted molar refractivity (Wildman–Crippen MR) is 84.2 cm³/mol. The monoisotopic (exact) mass is 279 g/mol. The highest BCUT2D eigenvalue weighted by molar-refractivity contribution is 5.92. The van der Waals surface area contributed by atoms with Crippen molar-refractivity contribution < 1.29 is 4.79 Å². The molecule has 4 nitrogen and oxygen atoms in total. The van der Waals surface area contributed by atoms with Crippen molar-refractivity contribution in [2.75, 3.05) is 5.32 Å². The van der Waals surface area contributed by atoms with E-state index in [1.165, 1.54) is 5.56 Å². The van der Waals surface area contributed by atoms with Crippen molar-refractivity contribution in [1.29, 1.82) is 0 Å². The summed E-state index contributed by atoms with van der Waals surface area (Å²) in [6.45, 7) is 2.63. The fourth-order valence-electron chi connectivity index (χ4n) is 2.30. The molecule has 0 aliphatic heterocycles. The topological polar surface area (TPSA) is 46.9 Å². The molecule has 0 fully saturated rings. The normalized spacial score (nSPS) is 10.7. The van der Waals surface area contributed by atoms with Gasteiger partial charge in [-0.25, -0.2) is 4.98 Å². The van der Waals surface area contributed by atoms with E-state index in [1.54, 1.807) is 0 Å². The summed E-state index contributed by atoms with van der Waals surface area (Å²) in [6.07, 6.45) is 2.31. The Labute approximate surface area is 123 Å². The zero-order chi connectivity index (χ0) is 14.7. The second-order valence-corrected chi connectivity index (χ2v) is 4.96. The van der Waals surface area contributed by atoms with Crippen LogP contribution in [0.3, 0.4) is 0 Å². The highest BCUT2D eigenvalue weighted by Gasteiger charge is 2.05. The number of rotatable bonds is 4. The van der Waals surface area contributed by atoms with Gasteiger partial charge in [-0.2, -0.15) is 0 Å². The highest BCUT2D eigenvalue weighted by atomic mass is 16.1. The Kier molecular flexibility index (Phi) is 3.69. The molecule has 3 aromatic rings. The second-order valence-electron chi connectivity index (χ2n) is 4.96. The van der Waals surface area contributed by atoms with Gasteiger partial charge in [0.05, 0.1) is 17.4 Å². The van der Waals surface area contributed by atoms with Gasteiger partial charge in [-0.1, -0.05) is 37.3 Å². The molecule has 0 aliphatic rings. The number of hydrogen-bond donors (Lipinski definition) is 1. The number of carbonyl (C=O) groups excluding carboxylic acids is 1. The number of aromatic nitrogens is 2. The lowest BCUT2D eigenvalue weighted by Crippen LogP contribution is -2.09. The Morgan fingerprint density at radius 3 is 2.76 bits per heavy atom.